The molecule has 1 fully saturated rings. The topological polar surface area (TPSA) is 129 Å². The van der Waals surface area contributed by atoms with Crippen LogP contribution in [-0.4, -0.2) is 57.8 Å². The molecule has 0 unspecified atom stereocenters. The number of carbonyl (C=O) groups is 2. The highest BCUT2D eigenvalue weighted by atomic mass is 19.1. The van der Waals surface area contributed by atoms with Gasteiger partial charge in [0.25, 0.3) is 5.91 Å². The molecule has 41 heavy (non-hydrogen) atoms. The first-order chi connectivity index (χ1) is 19.8. The Morgan fingerprint density at radius 2 is 1.98 bits per heavy atom. The van der Waals surface area contributed by atoms with Gasteiger partial charge in [0.2, 0.25) is 11.8 Å². The van der Waals surface area contributed by atoms with Gasteiger partial charge in [-0.05, 0) is 24.3 Å². The summed E-state index contributed by atoms with van der Waals surface area (Å²) < 4.78 is 46.7. The predicted octanol–water partition coefficient (Wildman–Crippen LogP) is 3.91. The highest BCUT2D eigenvalue weighted by molar-refractivity contribution is 5.97. The number of aromatic nitrogens is 4. The van der Waals surface area contributed by atoms with Crippen LogP contribution in [0.5, 0.6) is 11.6 Å². The van der Waals surface area contributed by atoms with E-state index in [4.69, 9.17) is 14.2 Å². The third kappa shape index (κ3) is 6.40. The lowest BCUT2D eigenvalue weighted by Gasteiger charge is -2.25. The fourth-order valence-corrected chi connectivity index (χ4v) is 4.35. The molecule has 0 saturated carbocycles. The first-order valence-corrected chi connectivity index (χ1v) is 13.1. The van der Waals surface area contributed by atoms with E-state index in [0.717, 1.165) is 12.1 Å². The van der Waals surface area contributed by atoms with Crippen molar-refractivity contribution in [3.8, 4) is 22.9 Å². The molecule has 214 valence electrons. The van der Waals surface area contributed by atoms with E-state index in [9.17, 15) is 18.4 Å². The standard InChI is InChI=1S/C28H28F2N6O5/c1-3-25(37)34-23-15-36-24(33-23)5-4-22(35-36)16-11-20(28(39-2)32-13-16)27(38)31-14-17-10-18(29)12-21(30)26(17)41-19-6-8-40-9-7-19/h4-5,10-13,15,19H,3,6-9,14H2,1-2H3,(H,31,38)(H,34,37). The van der Waals surface area contributed by atoms with Gasteiger partial charge in [0.15, 0.2) is 23.0 Å². The van der Waals surface area contributed by atoms with E-state index in [2.05, 4.69) is 25.7 Å². The van der Waals surface area contributed by atoms with E-state index in [1.807, 2.05) is 0 Å². The van der Waals surface area contributed by atoms with Crippen molar-refractivity contribution >= 4 is 23.3 Å². The summed E-state index contributed by atoms with van der Waals surface area (Å²) in [6.07, 6.45) is 4.26. The lowest BCUT2D eigenvalue weighted by Crippen LogP contribution is -2.28. The number of benzene rings is 1. The minimum absolute atomic E-state index is 0.0589. The van der Waals surface area contributed by atoms with Crippen molar-refractivity contribution in [1.29, 1.82) is 0 Å². The number of fused-ring (bicyclic) bond motifs is 1. The Kier molecular flexibility index (Phi) is 8.34. The van der Waals surface area contributed by atoms with Crippen LogP contribution in [0.4, 0.5) is 14.6 Å². The van der Waals surface area contributed by atoms with Crippen molar-refractivity contribution in [3.63, 3.8) is 0 Å². The third-order valence-corrected chi connectivity index (χ3v) is 6.47. The van der Waals surface area contributed by atoms with Crippen LogP contribution in [0.15, 0.2) is 42.7 Å². The third-order valence-electron chi connectivity index (χ3n) is 6.47. The number of nitrogens with zero attached hydrogens (tertiary/aromatic N) is 4. The SMILES string of the molecule is CCC(=O)Nc1cn2nc(-c3cnc(OC)c(C(=O)NCc4cc(F)cc(F)c4OC4CCOCC4)c3)ccc2n1. The van der Waals surface area contributed by atoms with Crippen LogP contribution in [0, 0.1) is 11.6 Å². The van der Waals surface area contributed by atoms with Gasteiger partial charge in [-0.3, -0.25) is 9.59 Å². The van der Waals surface area contributed by atoms with Crippen LogP contribution in [-0.2, 0) is 16.1 Å². The molecule has 0 atom stereocenters. The van der Waals surface area contributed by atoms with E-state index in [-0.39, 0.29) is 41.3 Å². The maximum absolute atomic E-state index is 14.7. The second-order valence-corrected chi connectivity index (χ2v) is 9.32. The largest absolute Gasteiger partial charge is 0.487 e. The van der Waals surface area contributed by atoms with Gasteiger partial charge in [-0.2, -0.15) is 5.10 Å². The smallest absolute Gasteiger partial charge is 0.257 e. The second-order valence-electron chi connectivity index (χ2n) is 9.32. The van der Waals surface area contributed by atoms with Crippen molar-refractivity contribution < 1.29 is 32.6 Å². The molecule has 5 rings (SSSR count). The Balaban J connectivity index is 1.37. The molecular weight excluding hydrogens is 538 g/mol. The molecule has 11 nitrogen and oxygen atoms in total. The highest BCUT2D eigenvalue weighted by Gasteiger charge is 2.22. The molecule has 0 spiro atoms. The fraction of sp³-hybridized carbons (Fsp3) is 0.321. The molecule has 3 aromatic heterocycles. The molecule has 0 bridgehead atoms. The van der Waals surface area contributed by atoms with E-state index in [1.54, 1.807) is 31.3 Å². The van der Waals surface area contributed by atoms with Crippen molar-refractivity contribution in [3.05, 3.63) is 65.5 Å². The summed E-state index contributed by atoms with van der Waals surface area (Å²) in [7, 11) is 1.38. The van der Waals surface area contributed by atoms with E-state index < -0.39 is 17.5 Å². The molecule has 1 aliphatic heterocycles. The number of hydrogen-bond acceptors (Lipinski definition) is 8. The van der Waals surface area contributed by atoms with Crippen LogP contribution >= 0.6 is 0 Å². The molecule has 0 aliphatic carbocycles. The van der Waals surface area contributed by atoms with Crippen molar-refractivity contribution in [2.45, 2.75) is 38.8 Å². The van der Waals surface area contributed by atoms with E-state index in [1.165, 1.54) is 17.8 Å². The number of methoxy groups -OCH3 is 1. The number of anilines is 1. The summed E-state index contributed by atoms with van der Waals surface area (Å²) in [6.45, 7) is 2.51. The predicted molar refractivity (Wildman–Crippen MR) is 144 cm³/mol. The zero-order valence-corrected chi connectivity index (χ0v) is 22.4. The number of hydrogen-bond donors (Lipinski definition) is 2. The first-order valence-electron chi connectivity index (χ1n) is 13.1. The van der Waals surface area contributed by atoms with Crippen molar-refractivity contribution in [2.75, 3.05) is 25.6 Å². The summed E-state index contributed by atoms with van der Waals surface area (Å²) in [5, 5.41) is 9.89. The number of nitrogens with one attached hydrogen (secondary N) is 2. The zero-order chi connectivity index (χ0) is 28.9. The lowest BCUT2D eigenvalue weighted by atomic mass is 10.1. The second kappa shape index (κ2) is 12.3. The monoisotopic (exact) mass is 566 g/mol. The number of ether oxygens (including phenoxy) is 3. The van der Waals surface area contributed by atoms with Gasteiger partial charge in [-0.15, -0.1) is 0 Å². The van der Waals surface area contributed by atoms with Gasteiger partial charge in [0.05, 0.1) is 32.2 Å². The number of pyridine rings is 1. The van der Waals surface area contributed by atoms with Gasteiger partial charge >= 0.3 is 0 Å². The number of carbonyl (C=O) groups excluding carboxylic acids is 2. The molecule has 4 aromatic rings. The summed E-state index contributed by atoms with van der Waals surface area (Å²) in [5.74, 6) is -2.07. The average Bonchev–Trinajstić information content (AvgIpc) is 3.39. The summed E-state index contributed by atoms with van der Waals surface area (Å²) in [5.41, 5.74) is 1.75. The normalized spacial score (nSPS) is 13.7. The maximum Gasteiger partial charge on any atom is 0.257 e. The number of rotatable bonds is 9. The summed E-state index contributed by atoms with van der Waals surface area (Å²) in [4.78, 5) is 33.5. The Morgan fingerprint density at radius 1 is 1.17 bits per heavy atom. The first kappa shape index (κ1) is 27.9. The van der Waals surface area contributed by atoms with Crippen LogP contribution < -0.4 is 20.1 Å². The highest BCUT2D eigenvalue weighted by Crippen LogP contribution is 2.28. The molecule has 13 heteroatoms. The molecule has 1 saturated heterocycles. The van der Waals surface area contributed by atoms with Gasteiger partial charge in [-0.25, -0.2) is 23.3 Å². The molecule has 2 N–H and O–H groups in total. The van der Waals surface area contributed by atoms with Crippen LogP contribution in [0.25, 0.3) is 16.9 Å². The Labute approximate surface area is 233 Å². The fourth-order valence-electron chi connectivity index (χ4n) is 4.35. The Hall–Kier alpha value is -4.65. The van der Waals surface area contributed by atoms with Crippen LogP contribution in [0.2, 0.25) is 0 Å². The zero-order valence-electron chi connectivity index (χ0n) is 22.4. The Morgan fingerprint density at radius 3 is 2.73 bits per heavy atom. The van der Waals surface area contributed by atoms with Crippen molar-refractivity contribution in [2.24, 2.45) is 0 Å². The van der Waals surface area contributed by atoms with E-state index in [0.29, 0.717) is 55.2 Å². The molecule has 0 radical (unpaired) electrons. The van der Waals surface area contributed by atoms with E-state index >= 15 is 0 Å². The number of imidazole rings is 1. The van der Waals surface area contributed by atoms with Gasteiger partial charge in [0.1, 0.15) is 17.5 Å². The summed E-state index contributed by atoms with van der Waals surface area (Å²) >= 11 is 0. The molecule has 4 heterocycles. The number of halogens is 2. The maximum atomic E-state index is 14.7. The van der Waals surface area contributed by atoms with Gasteiger partial charge in [0, 0.05) is 49.2 Å². The van der Waals surface area contributed by atoms with Crippen LogP contribution in [0.3, 0.4) is 0 Å². The molecule has 2 amide bonds. The Bertz CT molecular complexity index is 1590. The van der Waals surface area contributed by atoms with Crippen LogP contribution in [0.1, 0.15) is 42.1 Å². The minimum atomic E-state index is -0.847. The average molecular weight is 567 g/mol. The number of amides is 2. The lowest BCUT2D eigenvalue weighted by molar-refractivity contribution is -0.115. The molecule has 1 aliphatic rings. The van der Waals surface area contributed by atoms with Crippen molar-refractivity contribution in [1.82, 2.24) is 24.9 Å². The minimum Gasteiger partial charge on any atom is -0.487 e. The van der Waals surface area contributed by atoms with Gasteiger partial charge in [-0.1, -0.05) is 6.92 Å². The molecular formula is C28H28F2N6O5. The molecule has 1 aromatic carbocycles. The quantitative estimate of drug-likeness (QED) is 0.312. The van der Waals surface area contributed by atoms with Gasteiger partial charge < -0.3 is 24.8 Å². The summed E-state index contributed by atoms with van der Waals surface area (Å²) in [6, 6.07) is 6.85.